The Morgan fingerprint density at radius 2 is 2.19 bits per heavy atom. The summed E-state index contributed by atoms with van der Waals surface area (Å²) in [5.41, 5.74) is 2.27. The van der Waals surface area contributed by atoms with Gasteiger partial charge < -0.3 is 10.2 Å². The Morgan fingerprint density at radius 3 is 2.81 bits per heavy atom. The van der Waals surface area contributed by atoms with Crippen molar-refractivity contribution in [3.63, 3.8) is 0 Å². The maximum absolute atomic E-state index is 13.2. The maximum Gasteiger partial charge on any atom is 0.125 e. The van der Waals surface area contributed by atoms with Crippen molar-refractivity contribution in [1.82, 2.24) is 5.32 Å². The van der Waals surface area contributed by atoms with E-state index in [1.165, 1.54) is 18.4 Å². The first-order valence-corrected chi connectivity index (χ1v) is 5.86. The van der Waals surface area contributed by atoms with Gasteiger partial charge in [-0.1, -0.05) is 6.07 Å². The summed E-state index contributed by atoms with van der Waals surface area (Å²) < 4.78 is 13.2. The molecule has 1 N–H and O–H groups in total. The lowest BCUT2D eigenvalue weighted by molar-refractivity contribution is 0.461. The number of nitrogens with one attached hydrogen (secondary N) is 1. The Bertz CT molecular complexity index is 357. The van der Waals surface area contributed by atoms with Gasteiger partial charge in [-0.3, -0.25) is 0 Å². The van der Waals surface area contributed by atoms with Crippen molar-refractivity contribution in [2.45, 2.75) is 18.8 Å². The van der Waals surface area contributed by atoms with Gasteiger partial charge in [0.1, 0.15) is 5.82 Å². The Kier molecular flexibility index (Phi) is 3.44. The standard InChI is InChI=1S/C13H19FN2/c1-16(2)13-8-11(14)5-6-12(13)10-4-3-7-15-9-10/h5-6,8,10,15H,3-4,7,9H2,1-2H3. The number of halogens is 1. The Morgan fingerprint density at radius 1 is 1.38 bits per heavy atom. The molecule has 1 aromatic carbocycles. The minimum absolute atomic E-state index is 0.156. The van der Waals surface area contributed by atoms with Gasteiger partial charge in [-0.2, -0.15) is 0 Å². The number of benzene rings is 1. The first kappa shape index (κ1) is 11.4. The van der Waals surface area contributed by atoms with Gasteiger partial charge in [0, 0.05) is 26.3 Å². The second-order valence-electron chi connectivity index (χ2n) is 4.64. The van der Waals surface area contributed by atoms with E-state index in [0.717, 1.165) is 18.8 Å². The molecule has 1 saturated heterocycles. The van der Waals surface area contributed by atoms with Gasteiger partial charge in [-0.15, -0.1) is 0 Å². The highest BCUT2D eigenvalue weighted by Gasteiger charge is 2.19. The zero-order valence-corrected chi connectivity index (χ0v) is 9.96. The van der Waals surface area contributed by atoms with Crippen LogP contribution in [-0.2, 0) is 0 Å². The van der Waals surface area contributed by atoms with Crippen molar-refractivity contribution in [2.24, 2.45) is 0 Å². The summed E-state index contributed by atoms with van der Waals surface area (Å²) in [6.07, 6.45) is 2.40. The molecule has 0 amide bonds. The summed E-state index contributed by atoms with van der Waals surface area (Å²) in [7, 11) is 3.93. The van der Waals surface area contributed by atoms with Crippen molar-refractivity contribution < 1.29 is 4.39 Å². The molecule has 1 aromatic rings. The second-order valence-corrected chi connectivity index (χ2v) is 4.64. The molecule has 0 radical (unpaired) electrons. The molecule has 88 valence electrons. The molecule has 3 heteroatoms. The van der Waals surface area contributed by atoms with Crippen molar-refractivity contribution in [3.8, 4) is 0 Å². The fraction of sp³-hybridized carbons (Fsp3) is 0.538. The number of nitrogens with zero attached hydrogens (tertiary/aromatic N) is 1. The van der Waals surface area contributed by atoms with Crippen LogP contribution in [0.15, 0.2) is 18.2 Å². The first-order valence-electron chi connectivity index (χ1n) is 5.86. The average molecular weight is 222 g/mol. The molecule has 2 rings (SSSR count). The molecule has 2 nitrogen and oxygen atoms in total. The van der Waals surface area contributed by atoms with Gasteiger partial charge in [0.2, 0.25) is 0 Å². The van der Waals surface area contributed by atoms with Crippen LogP contribution in [0, 0.1) is 5.82 Å². The molecule has 0 saturated carbocycles. The predicted octanol–water partition coefficient (Wildman–Crippen LogP) is 2.36. The highest BCUT2D eigenvalue weighted by Crippen LogP contribution is 2.31. The fourth-order valence-corrected chi connectivity index (χ4v) is 2.37. The second kappa shape index (κ2) is 4.83. The van der Waals surface area contributed by atoms with Crippen LogP contribution in [0.4, 0.5) is 10.1 Å². The summed E-state index contributed by atoms with van der Waals surface area (Å²) in [6, 6.07) is 5.13. The normalized spacial score (nSPS) is 20.8. The van der Waals surface area contributed by atoms with E-state index in [9.17, 15) is 4.39 Å². The number of piperidine rings is 1. The topological polar surface area (TPSA) is 15.3 Å². The Labute approximate surface area is 96.5 Å². The molecule has 1 aliphatic heterocycles. The molecule has 0 aliphatic carbocycles. The van der Waals surface area contributed by atoms with E-state index in [-0.39, 0.29) is 5.82 Å². The SMILES string of the molecule is CN(C)c1cc(F)ccc1C1CCCNC1. The van der Waals surface area contributed by atoms with E-state index in [0.29, 0.717) is 5.92 Å². The first-order chi connectivity index (χ1) is 7.68. The van der Waals surface area contributed by atoms with Gasteiger partial charge in [-0.05, 0) is 43.0 Å². The molecule has 1 heterocycles. The van der Waals surface area contributed by atoms with Crippen LogP contribution in [0.1, 0.15) is 24.3 Å². The number of hydrogen-bond acceptors (Lipinski definition) is 2. The molecular weight excluding hydrogens is 203 g/mol. The van der Waals surface area contributed by atoms with Crippen LogP contribution in [0.3, 0.4) is 0 Å². The zero-order valence-electron chi connectivity index (χ0n) is 9.96. The number of hydrogen-bond donors (Lipinski definition) is 1. The molecular formula is C13H19FN2. The van der Waals surface area contributed by atoms with Crippen molar-refractivity contribution in [2.75, 3.05) is 32.1 Å². The molecule has 16 heavy (non-hydrogen) atoms. The number of rotatable bonds is 2. The lowest BCUT2D eigenvalue weighted by Crippen LogP contribution is -2.29. The fourth-order valence-electron chi connectivity index (χ4n) is 2.37. The molecule has 1 atom stereocenters. The van der Waals surface area contributed by atoms with E-state index < -0.39 is 0 Å². The molecule has 0 bridgehead atoms. The molecule has 1 aliphatic rings. The third-order valence-corrected chi connectivity index (χ3v) is 3.21. The zero-order chi connectivity index (χ0) is 11.5. The van der Waals surface area contributed by atoms with Crippen LogP contribution in [-0.4, -0.2) is 27.2 Å². The monoisotopic (exact) mass is 222 g/mol. The predicted molar refractivity (Wildman–Crippen MR) is 65.6 cm³/mol. The van der Waals surface area contributed by atoms with Gasteiger partial charge >= 0.3 is 0 Å². The molecule has 1 fully saturated rings. The summed E-state index contributed by atoms with van der Waals surface area (Å²) in [6.45, 7) is 2.11. The minimum Gasteiger partial charge on any atom is -0.377 e. The smallest absolute Gasteiger partial charge is 0.125 e. The number of anilines is 1. The summed E-state index contributed by atoms with van der Waals surface area (Å²) in [4.78, 5) is 1.99. The van der Waals surface area contributed by atoms with Crippen LogP contribution < -0.4 is 10.2 Å². The average Bonchev–Trinajstić information content (AvgIpc) is 2.30. The maximum atomic E-state index is 13.2. The van der Waals surface area contributed by atoms with Crippen LogP contribution >= 0.6 is 0 Å². The van der Waals surface area contributed by atoms with Crippen LogP contribution in [0.2, 0.25) is 0 Å². The summed E-state index contributed by atoms with van der Waals surface area (Å²) in [5.74, 6) is 0.364. The van der Waals surface area contributed by atoms with Gasteiger partial charge in [0.05, 0.1) is 0 Å². The van der Waals surface area contributed by atoms with E-state index in [2.05, 4.69) is 5.32 Å². The Balaban J connectivity index is 2.31. The van der Waals surface area contributed by atoms with Crippen molar-refractivity contribution in [1.29, 1.82) is 0 Å². The van der Waals surface area contributed by atoms with Gasteiger partial charge in [0.25, 0.3) is 0 Å². The molecule has 0 aromatic heterocycles. The highest BCUT2D eigenvalue weighted by molar-refractivity contribution is 5.54. The van der Waals surface area contributed by atoms with Crippen LogP contribution in [0.25, 0.3) is 0 Å². The van der Waals surface area contributed by atoms with E-state index in [4.69, 9.17) is 0 Å². The van der Waals surface area contributed by atoms with Gasteiger partial charge in [-0.25, -0.2) is 4.39 Å². The van der Waals surface area contributed by atoms with E-state index in [1.54, 1.807) is 12.1 Å². The van der Waals surface area contributed by atoms with Crippen molar-refractivity contribution in [3.05, 3.63) is 29.6 Å². The third kappa shape index (κ3) is 2.35. The highest BCUT2D eigenvalue weighted by atomic mass is 19.1. The largest absolute Gasteiger partial charge is 0.377 e. The molecule has 1 unspecified atom stereocenters. The van der Waals surface area contributed by atoms with Crippen molar-refractivity contribution >= 4 is 5.69 Å². The van der Waals surface area contributed by atoms with E-state index in [1.807, 2.05) is 25.1 Å². The lowest BCUT2D eigenvalue weighted by Gasteiger charge is -2.27. The summed E-state index contributed by atoms with van der Waals surface area (Å²) in [5, 5.41) is 3.40. The summed E-state index contributed by atoms with van der Waals surface area (Å²) >= 11 is 0. The van der Waals surface area contributed by atoms with E-state index >= 15 is 0 Å². The third-order valence-electron chi connectivity index (χ3n) is 3.21. The molecule has 0 spiro atoms. The quantitative estimate of drug-likeness (QED) is 0.826. The van der Waals surface area contributed by atoms with Gasteiger partial charge in [0.15, 0.2) is 0 Å². The Hall–Kier alpha value is -1.09. The van der Waals surface area contributed by atoms with Crippen LogP contribution in [0.5, 0.6) is 0 Å². The lowest BCUT2D eigenvalue weighted by atomic mass is 9.90. The minimum atomic E-state index is -0.156.